The van der Waals surface area contributed by atoms with Crippen molar-refractivity contribution in [2.24, 2.45) is 0 Å². The lowest BCUT2D eigenvalue weighted by Gasteiger charge is -2.07. The molecule has 2 N–H and O–H groups in total. The predicted molar refractivity (Wildman–Crippen MR) is 105 cm³/mol. The van der Waals surface area contributed by atoms with Crippen LogP contribution in [0.3, 0.4) is 0 Å². The summed E-state index contributed by atoms with van der Waals surface area (Å²) in [6, 6.07) is 13.7. The van der Waals surface area contributed by atoms with E-state index in [2.05, 4.69) is 15.6 Å². The number of nitrogens with zero attached hydrogens (tertiary/aromatic N) is 1. The lowest BCUT2D eigenvalue weighted by atomic mass is 10.1. The molecule has 0 saturated heterocycles. The molecule has 0 bridgehead atoms. The Balaban J connectivity index is 1.67. The highest BCUT2D eigenvalue weighted by Crippen LogP contribution is 2.29. The van der Waals surface area contributed by atoms with Crippen LogP contribution in [-0.4, -0.2) is 17.4 Å². The number of anilines is 2. The summed E-state index contributed by atoms with van der Waals surface area (Å²) >= 11 is 0. The van der Waals surface area contributed by atoms with E-state index >= 15 is 0 Å². The summed E-state index contributed by atoms with van der Waals surface area (Å²) in [5.74, 6) is 0.405. The molecule has 0 spiro atoms. The first-order valence-corrected chi connectivity index (χ1v) is 8.66. The Labute approximate surface area is 160 Å². The molecule has 0 unspecified atom stereocenters. The standard InChI is InChI=1S/C21H18F3N3O/c1-2-25-19-11-6-15-13-17(9-10-18(15)27-19)26-20(28)12-5-14-3-7-16(8-4-14)21(22,23)24/h3-13H,2H2,1H3,(H,25,27)(H,26,28). The van der Waals surface area contributed by atoms with Crippen LogP contribution >= 0.6 is 0 Å². The summed E-state index contributed by atoms with van der Waals surface area (Å²) in [5, 5.41) is 6.75. The number of halogens is 3. The van der Waals surface area contributed by atoms with Crippen molar-refractivity contribution in [3.63, 3.8) is 0 Å². The van der Waals surface area contributed by atoms with Crippen molar-refractivity contribution in [3.8, 4) is 0 Å². The van der Waals surface area contributed by atoms with Crippen molar-refractivity contribution in [3.05, 3.63) is 71.8 Å². The monoisotopic (exact) mass is 385 g/mol. The average Bonchev–Trinajstić information content (AvgIpc) is 2.66. The van der Waals surface area contributed by atoms with Gasteiger partial charge in [0.15, 0.2) is 0 Å². The number of rotatable bonds is 5. The molecule has 7 heteroatoms. The number of hydrogen-bond acceptors (Lipinski definition) is 3. The van der Waals surface area contributed by atoms with Crippen LogP contribution < -0.4 is 10.6 Å². The predicted octanol–water partition coefficient (Wildman–Crippen LogP) is 5.34. The number of hydrogen-bond donors (Lipinski definition) is 2. The van der Waals surface area contributed by atoms with Gasteiger partial charge in [-0.2, -0.15) is 13.2 Å². The van der Waals surface area contributed by atoms with E-state index in [1.54, 1.807) is 6.07 Å². The molecule has 0 aliphatic heterocycles. The number of aromatic nitrogens is 1. The second-order valence-corrected chi connectivity index (χ2v) is 6.08. The Morgan fingerprint density at radius 2 is 1.82 bits per heavy atom. The summed E-state index contributed by atoms with van der Waals surface area (Å²) in [4.78, 5) is 16.6. The van der Waals surface area contributed by atoms with Crippen molar-refractivity contribution in [2.45, 2.75) is 13.1 Å². The number of amides is 1. The van der Waals surface area contributed by atoms with Crippen LogP contribution in [0.2, 0.25) is 0 Å². The van der Waals surface area contributed by atoms with Crippen LogP contribution in [0.5, 0.6) is 0 Å². The SMILES string of the molecule is CCNc1ccc2cc(NC(=O)C=Cc3ccc(C(F)(F)F)cc3)ccc2n1. The molecule has 2 aromatic carbocycles. The number of carbonyl (C=O) groups excluding carboxylic acids is 1. The highest BCUT2D eigenvalue weighted by atomic mass is 19.4. The Kier molecular flexibility index (Phi) is 5.63. The molecule has 28 heavy (non-hydrogen) atoms. The first-order valence-electron chi connectivity index (χ1n) is 8.66. The summed E-state index contributed by atoms with van der Waals surface area (Å²) in [6.07, 6.45) is -1.64. The van der Waals surface area contributed by atoms with Gasteiger partial charge in [-0.05, 0) is 61.0 Å². The van der Waals surface area contributed by atoms with Crippen molar-refractivity contribution >= 4 is 34.4 Å². The van der Waals surface area contributed by atoms with E-state index in [0.29, 0.717) is 11.3 Å². The van der Waals surface area contributed by atoms with Crippen LogP contribution in [-0.2, 0) is 11.0 Å². The third kappa shape index (κ3) is 4.88. The van der Waals surface area contributed by atoms with Crippen LogP contribution in [0.25, 0.3) is 17.0 Å². The third-order valence-corrected chi connectivity index (χ3v) is 3.98. The summed E-state index contributed by atoms with van der Waals surface area (Å²) in [6.45, 7) is 2.76. The number of alkyl halides is 3. The van der Waals surface area contributed by atoms with Crippen LogP contribution in [0, 0.1) is 0 Å². The number of fused-ring (bicyclic) bond motifs is 1. The van der Waals surface area contributed by atoms with E-state index in [-0.39, 0.29) is 5.91 Å². The third-order valence-electron chi connectivity index (χ3n) is 3.98. The molecule has 0 fully saturated rings. The smallest absolute Gasteiger partial charge is 0.370 e. The van der Waals surface area contributed by atoms with Crippen molar-refractivity contribution in [1.82, 2.24) is 4.98 Å². The molecule has 3 aromatic rings. The molecular weight excluding hydrogens is 367 g/mol. The molecular formula is C21H18F3N3O. The van der Waals surface area contributed by atoms with Gasteiger partial charge in [0.05, 0.1) is 11.1 Å². The molecule has 0 atom stereocenters. The fourth-order valence-electron chi connectivity index (χ4n) is 2.62. The van der Waals surface area contributed by atoms with E-state index in [1.807, 2.05) is 31.2 Å². The minimum absolute atomic E-state index is 0.378. The van der Waals surface area contributed by atoms with E-state index < -0.39 is 11.7 Å². The van der Waals surface area contributed by atoms with Gasteiger partial charge in [-0.3, -0.25) is 4.79 Å². The molecule has 0 aliphatic rings. The molecule has 1 heterocycles. The second kappa shape index (κ2) is 8.12. The second-order valence-electron chi connectivity index (χ2n) is 6.08. The van der Waals surface area contributed by atoms with E-state index in [4.69, 9.17) is 0 Å². The Bertz CT molecular complexity index is 1010. The summed E-state index contributed by atoms with van der Waals surface area (Å²) < 4.78 is 37.7. The summed E-state index contributed by atoms with van der Waals surface area (Å²) in [7, 11) is 0. The van der Waals surface area contributed by atoms with Gasteiger partial charge in [-0.25, -0.2) is 4.98 Å². The van der Waals surface area contributed by atoms with Gasteiger partial charge in [0.25, 0.3) is 0 Å². The first kappa shape index (κ1) is 19.4. The number of carbonyl (C=O) groups is 1. The quantitative estimate of drug-likeness (QED) is 0.583. The molecule has 0 saturated carbocycles. The zero-order chi connectivity index (χ0) is 20.1. The fourth-order valence-corrected chi connectivity index (χ4v) is 2.62. The highest BCUT2D eigenvalue weighted by Gasteiger charge is 2.29. The Morgan fingerprint density at radius 3 is 2.50 bits per heavy atom. The van der Waals surface area contributed by atoms with Gasteiger partial charge in [0.1, 0.15) is 5.82 Å². The lowest BCUT2D eigenvalue weighted by Crippen LogP contribution is -2.07. The van der Waals surface area contributed by atoms with Gasteiger partial charge in [0, 0.05) is 23.7 Å². The van der Waals surface area contributed by atoms with Gasteiger partial charge in [0.2, 0.25) is 5.91 Å². The van der Waals surface area contributed by atoms with Crippen molar-refractivity contribution in [1.29, 1.82) is 0 Å². The molecule has 0 radical (unpaired) electrons. The zero-order valence-corrected chi connectivity index (χ0v) is 15.0. The molecule has 4 nitrogen and oxygen atoms in total. The molecule has 144 valence electrons. The highest BCUT2D eigenvalue weighted by molar-refractivity contribution is 6.03. The van der Waals surface area contributed by atoms with Gasteiger partial charge in [-0.1, -0.05) is 12.1 Å². The van der Waals surface area contributed by atoms with Crippen molar-refractivity contribution < 1.29 is 18.0 Å². The average molecular weight is 385 g/mol. The molecule has 0 aliphatic carbocycles. The fraction of sp³-hybridized carbons (Fsp3) is 0.143. The topological polar surface area (TPSA) is 54.0 Å². The van der Waals surface area contributed by atoms with Crippen molar-refractivity contribution in [2.75, 3.05) is 17.2 Å². The maximum absolute atomic E-state index is 12.6. The zero-order valence-electron chi connectivity index (χ0n) is 15.0. The summed E-state index contributed by atoms with van der Waals surface area (Å²) in [5.41, 5.74) is 1.18. The van der Waals surface area contributed by atoms with E-state index in [9.17, 15) is 18.0 Å². The Hall–Kier alpha value is -3.35. The number of benzene rings is 2. The maximum Gasteiger partial charge on any atom is 0.416 e. The lowest BCUT2D eigenvalue weighted by molar-refractivity contribution is -0.137. The minimum Gasteiger partial charge on any atom is -0.370 e. The van der Waals surface area contributed by atoms with Crippen LogP contribution in [0.1, 0.15) is 18.1 Å². The molecule has 1 aromatic heterocycles. The normalized spacial score (nSPS) is 11.7. The molecule has 3 rings (SSSR count). The van der Waals surface area contributed by atoms with Crippen LogP contribution in [0.4, 0.5) is 24.7 Å². The maximum atomic E-state index is 12.6. The minimum atomic E-state index is -4.38. The Morgan fingerprint density at radius 1 is 1.07 bits per heavy atom. The van der Waals surface area contributed by atoms with Gasteiger partial charge in [-0.15, -0.1) is 0 Å². The van der Waals surface area contributed by atoms with Crippen LogP contribution in [0.15, 0.2) is 60.7 Å². The van der Waals surface area contributed by atoms with Gasteiger partial charge < -0.3 is 10.6 Å². The number of pyridine rings is 1. The molecule has 1 amide bonds. The van der Waals surface area contributed by atoms with E-state index in [1.165, 1.54) is 24.3 Å². The number of nitrogens with one attached hydrogen (secondary N) is 2. The van der Waals surface area contributed by atoms with Gasteiger partial charge >= 0.3 is 6.18 Å². The largest absolute Gasteiger partial charge is 0.416 e. The first-order chi connectivity index (χ1) is 13.3. The van der Waals surface area contributed by atoms with E-state index in [0.717, 1.165) is 35.4 Å².